The van der Waals surface area contributed by atoms with Crippen LogP contribution in [-0.4, -0.2) is 55.5 Å². The van der Waals surface area contributed by atoms with Gasteiger partial charge in [-0.3, -0.25) is 0 Å². The molecule has 2 rings (SSSR count). The van der Waals surface area contributed by atoms with E-state index in [0.29, 0.717) is 36.7 Å². The van der Waals surface area contributed by atoms with Crippen molar-refractivity contribution in [3.63, 3.8) is 0 Å². The van der Waals surface area contributed by atoms with E-state index in [1.165, 1.54) is 4.31 Å². The molecule has 0 bridgehead atoms. The minimum absolute atomic E-state index is 0.0973. The number of nitrogens with zero attached hydrogens (tertiary/aromatic N) is 2. The van der Waals surface area contributed by atoms with Crippen molar-refractivity contribution in [1.82, 2.24) is 9.21 Å². The highest BCUT2D eigenvalue weighted by Gasteiger charge is 2.37. The van der Waals surface area contributed by atoms with E-state index in [0.717, 1.165) is 0 Å². The van der Waals surface area contributed by atoms with Gasteiger partial charge in [-0.25, -0.2) is 8.42 Å². The fourth-order valence-electron chi connectivity index (χ4n) is 2.83. The fourth-order valence-corrected chi connectivity index (χ4v) is 4.85. The summed E-state index contributed by atoms with van der Waals surface area (Å²) in [6.45, 7) is 6.71. The summed E-state index contributed by atoms with van der Waals surface area (Å²) in [7, 11) is -1.66. The molecular formula is C13H22N2O4S. The number of piperazine rings is 1. The summed E-state index contributed by atoms with van der Waals surface area (Å²) >= 11 is 0. The van der Waals surface area contributed by atoms with E-state index in [1.807, 2.05) is 14.0 Å². The van der Waals surface area contributed by atoms with Gasteiger partial charge in [-0.15, -0.1) is 0 Å². The Kier molecular flexibility index (Phi) is 4.24. The topological polar surface area (TPSA) is 74.0 Å². The van der Waals surface area contributed by atoms with Crippen LogP contribution in [0, 0.1) is 13.8 Å². The lowest BCUT2D eigenvalue weighted by Crippen LogP contribution is -2.52. The van der Waals surface area contributed by atoms with E-state index >= 15 is 0 Å². The summed E-state index contributed by atoms with van der Waals surface area (Å²) in [5.74, 6) is 0.808. The van der Waals surface area contributed by atoms with E-state index in [-0.39, 0.29) is 17.5 Å². The molecule has 1 aliphatic rings. The van der Waals surface area contributed by atoms with Crippen LogP contribution in [0.4, 0.5) is 0 Å². The molecule has 2 heterocycles. The Morgan fingerprint density at radius 1 is 1.30 bits per heavy atom. The lowest BCUT2D eigenvalue weighted by molar-refractivity contribution is 0.170. The normalized spacial score (nSPS) is 22.4. The molecule has 1 aromatic heterocycles. The zero-order chi connectivity index (χ0) is 15.1. The number of hydrogen-bond acceptors (Lipinski definition) is 5. The van der Waals surface area contributed by atoms with Crippen molar-refractivity contribution in [2.75, 3.05) is 26.7 Å². The van der Waals surface area contributed by atoms with Gasteiger partial charge in [0.25, 0.3) is 0 Å². The van der Waals surface area contributed by atoms with Crippen LogP contribution in [0.5, 0.6) is 0 Å². The largest absolute Gasteiger partial charge is 0.465 e. The summed E-state index contributed by atoms with van der Waals surface area (Å²) in [5.41, 5.74) is 0.369. The van der Waals surface area contributed by atoms with Crippen LogP contribution in [0.3, 0.4) is 0 Å². The first kappa shape index (κ1) is 15.5. The SMILES string of the molecule is Cc1oc(C)c(S(=O)(=O)N2CCN(C)CC2C)c1CO. The van der Waals surface area contributed by atoms with Gasteiger partial charge in [0.15, 0.2) is 0 Å². The maximum absolute atomic E-state index is 12.9. The fraction of sp³-hybridized carbons (Fsp3) is 0.692. The number of likely N-dealkylation sites (N-methyl/N-ethyl adjacent to an activating group) is 1. The van der Waals surface area contributed by atoms with Gasteiger partial charge in [-0.1, -0.05) is 0 Å². The van der Waals surface area contributed by atoms with E-state index in [2.05, 4.69) is 4.90 Å². The van der Waals surface area contributed by atoms with Gasteiger partial charge in [-0.05, 0) is 27.8 Å². The third kappa shape index (κ3) is 2.50. The second-order valence-corrected chi connectivity index (χ2v) is 7.23. The number of furan rings is 1. The quantitative estimate of drug-likeness (QED) is 0.890. The third-order valence-corrected chi connectivity index (χ3v) is 6.03. The summed E-state index contributed by atoms with van der Waals surface area (Å²) < 4.78 is 32.6. The number of aliphatic hydroxyl groups excluding tert-OH is 1. The molecule has 6 nitrogen and oxygen atoms in total. The first-order valence-corrected chi connectivity index (χ1v) is 8.13. The Morgan fingerprint density at radius 3 is 2.50 bits per heavy atom. The van der Waals surface area contributed by atoms with Gasteiger partial charge < -0.3 is 14.4 Å². The van der Waals surface area contributed by atoms with Crippen molar-refractivity contribution in [3.8, 4) is 0 Å². The highest BCUT2D eigenvalue weighted by molar-refractivity contribution is 7.89. The second-order valence-electron chi connectivity index (χ2n) is 5.41. The van der Waals surface area contributed by atoms with E-state index in [1.54, 1.807) is 13.8 Å². The molecule has 1 aromatic rings. The standard InChI is InChI=1S/C13H22N2O4S/c1-9-7-14(4)5-6-15(9)20(17,18)13-11(3)19-10(2)12(13)8-16/h9,16H,5-8H2,1-4H3. The predicted molar refractivity (Wildman–Crippen MR) is 75.0 cm³/mol. The molecule has 1 fully saturated rings. The van der Waals surface area contributed by atoms with Crippen LogP contribution in [0.15, 0.2) is 9.31 Å². The van der Waals surface area contributed by atoms with Crippen molar-refractivity contribution in [2.45, 2.75) is 38.3 Å². The van der Waals surface area contributed by atoms with E-state index < -0.39 is 10.0 Å². The van der Waals surface area contributed by atoms with Crippen molar-refractivity contribution in [2.24, 2.45) is 0 Å². The average molecular weight is 302 g/mol. The summed E-state index contributed by atoms with van der Waals surface area (Å²) in [5, 5.41) is 9.43. The second kappa shape index (κ2) is 5.48. The van der Waals surface area contributed by atoms with Crippen molar-refractivity contribution >= 4 is 10.0 Å². The van der Waals surface area contributed by atoms with Crippen LogP contribution in [-0.2, 0) is 16.6 Å². The number of aryl methyl sites for hydroxylation is 2. The van der Waals surface area contributed by atoms with Crippen molar-refractivity contribution in [1.29, 1.82) is 0 Å². The summed E-state index contributed by atoms with van der Waals surface area (Å²) in [4.78, 5) is 2.24. The first-order chi connectivity index (χ1) is 9.28. The van der Waals surface area contributed by atoms with Crippen LogP contribution < -0.4 is 0 Å². The molecule has 1 unspecified atom stereocenters. The van der Waals surface area contributed by atoms with Gasteiger partial charge in [0.1, 0.15) is 16.4 Å². The number of hydrogen-bond donors (Lipinski definition) is 1. The Labute approximate surface area is 120 Å². The monoisotopic (exact) mass is 302 g/mol. The van der Waals surface area contributed by atoms with Crippen LogP contribution >= 0.6 is 0 Å². The van der Waals surface area contributed by atoms with Crippen molar-refractivity contribution < 1.29 is 17.9 Å². The molecule has 0 aliphatic carbocycles. The van der Waals surface area contributed by atoms with Gasteiger partial charge in [0.05, 0.1) is 6.61 Å². The minimum Gasteiger partial charge on any atom is -0.465 e. The van der Waals surface area contributed by atoms with E-state index in [9.17, 15) is 13.5 Å². The maximum Gasteiger partial charge on any atom is 0.247 e. The molecular weight excluding hydrogens is 280 g/mol. The molecule has 20 heavy (non-hydrogen) atoms. The van der Waals surface area contributed by atoms with E-state index in [4.69, 9.17) is 4.42 Å². The maximum atomic E-state index is 12.9. The Hall–Kier alpha value is -0.890. The predicted octanol–water partition coefficient (Wildman–Crippen LogP) is 0.713. The minimum atomic E-state index is -3.63. The molecule has 1 atom stereocenters. The number of aliphatic hydroxyl groups is 1. The number of rotatable bonds is 3. The van der Waals surface area contributed by atoms with Gasteiger partial charge >= 0.3 is 0 Å². The molecule has 0 aromatic carbocycles. The first-order valence-electron chi connectivity index (χ1n) is 6.69. The zero-order valence-corrected chi connectivity index (χ0v) is 13.2. The molecule has 1 saturated heterocycles. The molecule has 0 radical (unpaired) electrons. The number of sulfonamides is 1. The molecule has 1 N–H and O–H groups in total. The highest BCUT2D eigenvalue weighted by Crippen LogP contribution is 2.30. The van der Waals surface area contributed by atoms with Crippen LogP contribution in [0.1, 0.15) is 24.0 Å². The zero-order valence-electron chi connectivity index (χ0n) is 12.4. The Balaban J connectivity index is 2.46. The molecule has 0 saturated carbocycles. The van der Waals surface area contributed by atoms with Crippen LogP contribution in [0.2, 0.25) is 0 Å². The summed E-state index contributed by atoms with van der Waals surface area (Å²) in [6, 6.07) is -0.0973. The third-order valence-electron chi connectivity index (χ3n) is 3.82. The molecule has 7 heteroatoms. The lowest BCUT2D eigenvalue weighted by Gasteiger charge is -2.37. The van der Waals surface area contributed by atoms with Crippen LogP contribution in [0.25, 0.3) is 0 Å². The molecule has 0 spiro atoms. The molecule has 1 aliphatic heterocycles. The molecule has 114 valence electrons. The Bertz CT molecular complexity index is 594. The van der Waals surface area contributed by atoms with Gasteiger partial charge in [0.2, 0.25) is 10.0 Å². The smallest absolute Gasteiger partial charge is 0.247 e. The highest BCUT2D eigenvalue weighted by atomic mass is 32.2. The summed E-state index contributed by atoms with van der Waals surface area (Å²) in [6.07, 6.45) is 0. The van der Waals surface area contributed by atoms with Gasteiger partial charge in [0, 0.05) is 31.2 Å². The van der Waals surface area contributed by atoms with Gasteiger partial charge in [-0.2, -0.15) is 4.31 Å². The average Bonchev–Trinajstić information content (AvgIpc) is 2.63. The van der Waals surface area contributed by atoms with Crippen molar-refractivity contribution in [3.05, 3.63) is 17.1 Å². The molecule has 0 amide bonds. The Morgan fingerprint density at radius 2 is 1.95 bits per heavy atom. The lowest BCUT2D eigenvalue weighted by atomic mass is 10.2.